The van der Waals surface area contributed by atoms with Gasteiger partial charge in [-0.2, -0.15) is 0 Å². The summed E-state index contributed by atoms with van der Waals surface area (Å²) in [4.78, 5) is 12.4. The predicted octanol–water partition coefficient (Wildman–Crippen LogP) is 3.45. The van der Waals surface area contributed by atoms with E-state index in [-0.39, 0.29) is 5.91 Å². The molecular formula is C15H21IN2O. The molecule has 1 aromatic rings. The van der Waals surface area contributed by atoms with E-state index in [0.717, 1.165) is 30.5 Å². The van der Waals surface area contributed by atoms with Crippen molar-refractivity contribution in [1.29, 1.82) is 0 Å². The van der Waals surface area contributed by atoms with E-state index in [9.17, 15) is 4.79 Å². The zero-order valence-electron chi connectivity index (χ0n) is 11.5. The summed E-state index contributed by atoms with van der Waals surface area (Å²) in [5, 5.41) is 3.00. The Labute approximate surface area is 128 Å². The highest BCUT2D eigenvalue weighted by atomic mass is 127. The number of anilines is 1. The molecule has 0 radical (unpaired) electrons. The molecule has 19 heavy (non-hydrogen) atoms. The summed E-state index contributed by atoms with van der Waals surface area (Å²) in [6.45, 7) is 4.18. The molecule has 1 aliphatic carbocycles. The molecule has 0 saturated heterocycles. The summed E-state index contributed by atoms with van der Waals surface area (Å²) in [5.41, 5.74) is 7.55. The maximum atomic E-state index is 12.4. The minimum absolute atomic E-state index is 0.0386. The number of nitrogens with two attached hydrogens (primary N) is 1. The summed E-state index contributed by atoms with van der Waals surface area (Å²) >= 11 is 2.27. The van der Waals surface area contributed by atoms with Crippen LogP contribution in [0.2, 0.25) is 0 Å². The molecule has 0 heterocycles. The monoisotopic (exact) mass is 372 g/mol. The quantitative estimate of drug-likeness (QED) is 0.782. The molecule has 3 nitrogen and oxygen atoms in total. The van der Waals surface area contributed by atoms with E-state index in [1.807, 2.05) is 19.1 Å². The second kappa shape index (κ2) is 5.79. The minimum Gasteiger partial charge on any atom is -0.324 e. The zero-order chi connectivity index (χ0) is 14.0. The Bertz CT molecular complexity index is 489. The molecule has 0 spiro atoms. The Morgan fingerprint density at radius 2 is 2.26 bits per heavy atom. The van der Waals surface area contributed by atoms with Gasteiger partial charge < -0.3 is 11.1 Å². The summed E-state index contributed by atoms with van der Waals surface area (Å²) in [6, 6.07) is 6.00. The number of carbonyl (C=O) groups excluding carboxylic acids is 1. The zero-order valence-corrected chi connectivity index (χ0v) is 13.7. The number of hydrogen-bond acceptors (Lipinski definition) is 2. The van der Waals surface area contributed by atoms with Gasteiger partial charge in [0.15, 0.2) is 0 Å². The molecule has 1 fully saturated rings. The molecule has 2 unspecified atom stereocenters. The average molecular weight is 372 g/mol. The van der Waals surface area contributed by atoms with Crippen LogP contribution in [0.5, 0.6) is 0 Å². The molecule has 2 rings (SSSR count). The van der Waals surface area contributed by atoms with Gasteiger partial charge in [-0.3, -0.25) is 4.79 Å². The van der Waals surface area contributed by atoms with E-state index >= 15 is 0 Å². The maximum absolute atomic E-state index is 12.4. The van der Waals surface area contributed by atoms with Gasteiger partial charge in [-0.15, -0.1) is 0 Å². The Morgan fingerprint density at radius 1 is 1.53 bits per heavy atom. The third-order valence-electron chi connectivity index (χ3n) is 3.92. The van der Waals surface area contributed by atoms with Crippen LogP contribution >= 0.6 is 22.6 Å². The highest BCUT2D eigenvalue weighted by molar-refractivity contribution is 14.1. The number of rotatable bonds is 2. The van der Waals surface area contributed by atoms with Gasteiger partial charge in [-0.25, -0.2) is 0 Å². The average Bonchev–Trinajstić information content (AvgIpc) is 2.32. The van der Waals surface area contributed by atoms with Gasteiger partial charge in [0, 0.05) is 9.26 Å². The van der Waals surface area contributed by atoms with Gasteiger partial charge in [0.25, 0.3) is 0 Å². The molecule has 104 valence electrons. The lowest BCUT2D eigenvalue weighted by Crippen LogP contribution is -2.53. The lowest BCUT2D eigenvalue weighted by atomic mass is 9.76. The van der Waals surface area contributed by atoms with Gasteiger partial charge in [0.1, 0.15) is 0 Å². The van der Waals surface area contributed by atoms with Crippen LogP contribution in [-0.4, -0.2) is 11.4 Å². The fourth-order valence-electron chi connectivity index (χ4n) is 2.81. The lowest BCUT2D eigenvalue weighted by molar-refractivity contribution is -0.122. The number of nitrogens with one attached hydrogen (secondary N) is 1. The first kappa shape index (κ1) is 14.8. The summed E-state index contributed by atoms with van der Waals surface area (Å²) in [6.07, 6.45) is 3.78. The van der Waals surface area contributed by atoms with Gasteiger partial charge in [-0.1, -0.05) is 19.8 Å². The lowest BCUT2D eigenvalue weighted by Gasteiger charge is -2.35. The molecular weight excluding hydrogens is 351 g/mol. The molecule has 4 heteroatoms. The van der Waals surface area contributed by atoms with Crippen molar-refractivity contribution >= 4 is 34.2 Å². The smallest absolute Gasteiger partial charge is 0.244 e. The van der Waals surface area contributed by atoms with Crippen molar-refractivity contribution in [3.8, 4) is 0 Å². The standard InChI is InChI=1S/C15H21IN2O/c1-10-4-3-7-15(17,9-10)14(19)18-13-6-5-12(16)8-11(13)2/h5-6,8,10H,3-4,7,9,17H2,1-2H3,(H,18,19). The van der Waals surface area contributed by atoms with Crippen molar-refractivity contribution < 1.29 is 4.79 Å². The Morgan fingerprint density at radius 3 is 2.89 bits per heavy atom. The van der Waals surface area contributed by atoms with E-state index in [0.29, 0.717) is 5.92 Å². The third kappa shape index (κ3) is 3.48. The van der Waals surface area contributed by atoms with Crippen molar-refractivity contribution in [2.24, 2.45) is 11.7 Å². The number of aryl methyl sites for hydroxylation is 1. The van der Waals surface area contributed by atoms with Gasteiger partial charge >= 0.3 is 0 Å². The predicted molar refractivity (Wildman–Crippen MR) is 87.1 cm³/mol. The number of amides is 1. The Kier molecular flexibility index (Phi) is 4.50. The van der Waals surface area contributed by atoms with Crippen LogP contribution in [0, 0.1) is 16.4 Å². The maximum Gasteiger partial charge on any atom is 0.244 e. The van der Waals surface area contributed by atoms with Crippen LogP contribution in [-0.2, 0) is 4.79 Å². The summed E-state index contributed by atoms with van der Waals surface area (Å²) in [5.74, 6) is 0.491. The molecule has 3 N–H and O–H groups in total. The van der Waals surface area contributed by atoms with Gasteiger partial charge in [0.05, 0.1) is 5.54 Å². The highest BCUT2D eigenvalue weighted by Gasteiger charge is 2.38. The molecule has 1 saturated carbocycles. The Hall–Kier alpha value is -0.620. The first-order valence-corrected chi connectivity index (χ1v) is 7.85. The normalized spacial score (nSPS) is 27.1. The van der Waals surface area contributed by atoms with Crippen molar-refractivity contribution in [1.82, 2.24) is 0 Å². The molecule has 0 aliphatic heterocycles. The van der Waals surface area contributed by atoms with Gasteiger partial charge in [-0.05, 0) is 72.0 Å². The number of halogens is 1. The van der Waals surface area contributed by atoms with Crippen LogP contribution in [0.3, 0.4) is 0 Å². The molecule has 2 atom stereocenters. The van der Waals surface area contributed by atoms with E-state index in [1.54, 1.807) is 0 Å². The second-order valence-electron chi connectivity index (χ2n) is 5.77. The van der Waals surface area contributed by atoms with E-state index < -0.39 is 5.54 Å². The minimum atomic E-state index is -0.701. The van der Waals surface area contributed by atoms with Crippen molar-refractivity contribution in [3.05, 3.63) is 27.3 Å². The third-order valence-corrected chi connectivity index (χ3v) is 4.59. The summed E-state index contributed by atoms with van der Waals surface area (Å²) in [7, 11) is 0. The number of benzene rings is 1. The fraction of sp³-hybridized carbons (Fsp3) is 0.533. The van der Waals surface area contributed by atoms with E-state index in [1.165, 1.54) is 9.99 Å². The van der Waals surface area contributed by atoms with Crippen molar-refractivity contribution in [2.75, 3.05) is 5.32 Å². The van der Waals surface area contributed by atoms with E-state index in [4.69, 9.17) is 5.73 Å². The molecule has 1 amide bonds. The topological polar surface area (TPSA) is 55.1 Å². The first-order valence-electron chi connectivity index (χ1n) is 6.77. The largest absolute Gasteiger partial charge is 0.324 e. The van der Waals surface area contributed by atoms with Crippen LogP contribution < -0.4 is 11.1 Å². The molecule has 1 aliphatic rings. The summed E-state index contributed by atoms with van der Waals surface area (Å²) < 4.78 is 1.17. The van der Waals surface area contributed by atoms with Crippen LogP contribution in [0.15, 0.2) is 18.2 Å². The highest BCUT2D eigenvalue weighted by Crippen LogP contribution is 2.31. The van der Waals surface area contributed by atoms with E-state index in [2.05, 4.69) is 40.9 Å². The van der Waals surface area contributed by atoms with Gasteiger partial charge in [0.2, 0.25) is 5.91 Å². The molecule has 0 aromatic heterocycles. The van der Waals surface area contributed by atoms with Crippen LogP contribution in [0.1, 0.15) is 38.2 Å². The van der Waals surface area contributed by atoms with Crippen LogP contribution in [0.25, 0.3) is 0 Å². The molecule has 0 bridgehead atoms. The number of carbonyl (C=O) groups is 1. The fourth-order valence-corrected chi connectivity index (χ4v) is 3.46. The first-order chi connectivity index (χ1) is 8.90. The van der Waals surface area contributed by atoms with Crippen molar-refractivity contribution in [2.45, 2.75) is 45.1 Å². The van der Waals surface area contributed by atoms with Crippen LogP contribution in [0.4, 0.5) is 5.69 Å². The molecule has 1 aromatic carbocycles. The second-order valence-corrected chi connectivity index (χ2v) is 7.02. The SMILES string of the molecule is Cc1cc(I)ccc1NC(=O)C1(N)CCCC(C)C1. The van der Waals surface area contributed by atoms with Crippen molar-refractivity contribution in [3.63, 3.8) is 0 Å². The number of hydrogen-bond donors (Lipinski definition) is 2. The Balaban J connectivity index is 2.12.